The lowest BCUT2D eigenvalue weighted by Crippen LogP contribution is -2.24. The molecule has 1 saturated heterocycles. The number of hydrogen-bond donors (Lipinski definition) is 1. The second-order valence-corrected chi connectivity index (χ2v) is 7.74. The smallest absolute Gasteiger partial charge is 0.257 e. The van der Waals surface area contributed by atoms with E-state index in [0.29, 0.717) is 29.4 Å². The van der Waals surface area contributed by atoms with Gasteiger partial charge in [0.15, 0.2) is 0 Å². The van der Waals surface area contributed by atoms with Crippen LogP contribution in [0.3, 0.4) is 0 Å². The van der Waals surface area contributed by atoms with E-state index in [1.165, 1.54) is 11.3 Å². The summed E-state index contributed by atoms with van der Waals surface area (Å²) in [7, 11) is 3.15. The zero-order valence-electron chi connectivity index (χ0n) is 16.5. The first kappa shape index (κ1) is 19.8. The number of aromatic nitrogens is 2. The molecule has 0 saturated carbocycles. The van der Waals surface area contributed by atoms with Crippen LogP contribution in [0.1, 0.15) is 27.7 Å². The summed E-state index contributed by atoms with van der Waals surface area (Å²) in [5.74, 6) is 1.01. The predicted molar refractivity (Wildman–Crippen MR) is 114 cm³/mol. The Morgan fingerprint density at radius 2 is 1.87 bits per heavy atom. The van der Waals surface area contributed by atoms with Gasteiger partial charge in [-0.05, 0) is 42.5 Å². The van der Waals surface area contributed by atoms with E-state index in [1.54, 1.807) is 43.4 Å². The molecule has 0 bridgehead atoms. The van der Waals surface area contributed by atoms with Gasteiger partial charge in [0, 0.05) is 30.1 Å². The Labute approximate surface area is 177 Å². The van der Waals surface area contributed by atoms with E-state index in [4.69, 9.17) is 9.47 Å². The average molecular weight is 424 g/mol. The highest BCUT2D eigenvalue weighted by Crippen LogP contribution is 2.34. The number of carbonyl (C=O) groups excluding carboxylic acids is 2. The third kappa shape index (κ3) is 4.11. The predicted octanol–water partition coefficient (Wildman–Crippen LogP) is 3.33. The topological polar surface area (TPSA) is 93.7 Å². The molecule has 2 amide bonds. The molecule has 8 nitrogen and oxygen atoms in total. The van der Waals surface area contributed by atoms with Gasteiger partial charge < -0.3 is 14.4 Å². The van der Waals surface area contributed by atoms with Gasteiger partial charge in [-0.3, -0.25) is 14.9 Å². The summed E-state index contributed by atoms with van der Waals surface area (Å²) in [6.07, 6.45) is 0.352. The number of amides is 2. The molecular formula is C21H20N4O4S. The number of ether oxygens (including phenoxy) is 2. The average Bonchev–Trinajstić information content (AvgIpc) is 3.40. The number of anilines is 2. The highest BCUT2D eigenvalue weighted by Gasteiger charge is 2.34. The van der Waals surface area contributed by atoms with Gasteiger partial charge in [-0.25, -0.2) is 0 Å². The molecular weight excluding hydrogens is 404 g/mol. The van der Waals surface area contributed by atoms with Crippen LogP contribution in [-0.4, -0.2) is 42.8 Å². The first-order valence-electron chi connectivity index (χ1n) is 9.30. The molecule has 1 N–H and O–H groups in total. The number of carbonyl (C=O) groups is 2. The van der Waals surface area contributed by atoms with Crippen molar-refractivity contribution in [3.8, 4) is 11.5 Å². The SMILES string of the molecule is COc1ccc(N2C[C@@H](c3nnc(NC(=O)c4cccc(OC)c4)s3)CC2=O)cc1. The number of hydrogen-bond acceptors (Lipinski definition) is 7. The maximum atomic E-state index is 12.5. The van der Waals surface area contributed by atoms with E-state index in [9.17, 15) is 9.59 Å². The lowest BCUT2D eigenvalue weighted by atomic mass is 10.1. The van der Waals surface area contributed by atoms with Crippen molar-refractivity contribution in [2.24, 2.45) is 0 Å². The van der Waals surface area contributed by atoms with Gasteiger partial charge in [0.1, 0.15) is 16.5 Å². The summed E-state index contributed by atoms with van der Waals surface area (Å²) in [5.41, 5.74) is 1.28. The van der Waals surface area contributed by atoms with Crippen LogP contribution >= 0.6 is 11.3 Å². The van der Waals surface area contributed by atoms with Crippen LogP contribution in [0.4, 0.5) is 10.8 Å². The van der Waals surface area contributed by atoms with E-state index in [0.717, 1.165) is 16.4 Å². The molecule has 1 aliphatic heterocycles. The Morgan fingerprint density at radius 3 is 2.60 bits per heavy atom. The minimum atomic E-state index is -0.293. The van der Waals surface area contributed by atoms with Crippen molar-refractivity contribution in [2.75, 3.05) is 31.0 Å². The lowest BCUT2D eigenvalue weighted by Gasteiger charge is -2.16. The molecule has 1 aromatic heterocycles. The van der Waals surface area contributed by atoms with Gasteiger partial charge in [-0.2, -0.15) is 0 Å². The number of nitrogens with zero attached hydrogens (tertiary/aromatic N) is 3. The van der Waals surface area contributed by atoms with Gasteiger partial charge in [0.25, 0.3) is 5.91 Å². The first-order valence-corrected chi connectivity index (χ1v) is 10.1. The summed E-state index contributed by atoms with van der Waals surface area (Å²) in [6, 6.07) is 14.2. The maximum Gasteiger partial charge on any atom is 0.257 e. The van der Waals surface area contributed by atoms with Crippen LogP contribution in [0.15, 0.2) is 48.5 Å². The van der Waals surface area contributed by atoms with Crippen molar-refractivity contribution in [3.63, 3.8) is 0 Å². The second kappa shape index (κ2) is 8.50. The maximum absolute atomic E-state index is 12.5. The minimum absolute atomic E-state index is 0.0299. The van der Waals surface area contributed by atoms with Crippen LogP contribution in [0.5, 0.6) is 11.5 Å². The summed E-state index contributed by atoms with van der Waals surface area (Å²) >= 11 is 1.28. The van der Waals surface area contributed by atoms with E-state index in [-0.39, 0.29) is 17.7 Å². The van der Waals surface area contributed by atoms with E-state index < -0.39 is 0 Å². The van der Waals surface area contributed by atoms with Crippen molar-refractivity contribution in [1.82, 2.24) is 10.2 Å². The second-order valence-electron chi connectivity index (χ2n) is 6.73. The molecule has 3 aromatic rings. The zero-order valence-corrected chi connectivity index (χ0v) is 17.3. The first-order chi connectivity index (χ1) is 14.6. The fraction of sp³-hybridized carbons (Fsp3) is 0.238. The molecule has 0 unspecified atom stereocenters. The fourth-order valence-electron chi connectivity index (χ4n) is 3.27. The summed E-state index contributed by atoms with van der Waals surface area (Å²) in [6.45, 7) is 0.517. The summed E-state index contributed by atoms with van der Waals surface area (Å²) in [4.78, 5) is 26.7. The van der Waals surface area contributed by atoms with Crippen molar-refractivity contribution in [3.05, 3.63) is 59.1 Å². The normalized spacial score (nSPS) is 15.9. The molecule has 2 heterocycles. The van der Waals surface area contributed by atoms with Crippen molar-refractivity contribution in [2.45, 2.75) is 12.3 Å². The standard InChI is InChI=1S/C21H20N4O4S/c1-28-16-8-6-15(7-9-16)25-12-14(11-18(25)26)20-23-24-21(30-20)22-19(27)13-4-3-5-17(10-13)29-2/h3-10,14H,11-12H2,1-2H3,(H,22,24,27)/t14-/m0/s1. The zero-order chi connectivity index (χ0) is 21.1. The molecule has 9 heteroatoms. The quantitative estimate of drug-likeness (QED) is 0.652. The molecule has 30 heavy (non-hydrogen) atoms. The minimum Gasteiger partial charge on any atom is -0.497 e. The van der Waals surface area contributed by atoms with E-state index in [1.807, 2.05) is 24.3 Å². The molecule has 4 rings (SSSR count). The molecule has 1 atom stereocenters. The van der Waals surface area contributed by atoms with Crippen LogP contribution in [0.25, 0.3) is 0 Å². The molecule has 0 radical (unpaired) electrons. The Balaban J connectivity index is 1.43. The number of benzene rings is 2. The third-order valence-electron chi connectivity index (χ3n) is 4.85. The van der Waals surface area contributed by atoms with Gasteiger partial charge in [0.2, 0.25) is 11.0 Å². The highest BCUT2D eigenvalue weighted by molar-refractivity contribution is 7.15. The molecule has 2 aromatic carbocycles. The number of rotatable bonds is 6. The van der Waals surface area contributed by atoms with Gasteiger partial charge >= 0.3 is 0 Å². The van der Waals surface area contributed by atoms with Gasteiger partial charge in [-0.1, -0.05) is 17.4 Å². The van der Waals surface area contributed by atoms with Crippen LogP contribution < -0.4 is 19.7 Å². The van der Waals surface area contributed by atoms with Crippen molar-refractivity contribution in [1.29, 1.82) is 0 Å². The third-order valence-corrected chi connectivity index (χ3v) is 5.85. The number of nitrogens with one attached hydrogen (secondary N) is 1. The van der Waals surface area contributed by atoms with Gasteiger partial charge in [0.05, 0.1) is 14.2 Å². The van der Waals surface area contributed by atoms with Crippen molar-refractivity contribution >= 4 is 34.0 Å². The summed E-state index contributed by atoms with van der Waals surface area (Å²) in [5, 5.41) is 12.1. The lowest BCUT2D eigenvalue weighted by molar-refractivity contribution is -0.117. The highest BCUT2D eigenvalue weighted by atomic mass is 32.1. The van der Waals surface area contributed by atoms with Gasteiger partial charge in [-0.15, -0.1) is 10.2 Å². The largest absolute Gasteiger partial charge is 0.497 e. The fourth-order valence-corrected chi connectivity index (χ4v) is 4.10. The summed E-state index contributed by atoms with van der Waals surface area (Å²) < 4.78 is 10.3. The molecule has 0 aliphatic carbocycles. The molecule has 1 fully saturated rings. The molecule has 0 spiro atoms. The Kier molecular flexibility index (Phi) is 5.62. The Hall–Kier alpha value is -3.46. The Morgan fingerprint density at radius 1 is 1.10 bits per heavy atom. The van der Waals surface area contributed by atoms with Crippen molar-refractivity contribution < 1.29 is 19.1 Å². The molecule has 1 aliphatic rings. The van der Waals surface area contributed by atoms with E-state index >= 15 is 0 Å². The number of methoxy groups -OCH3 is 2. The van der Waals surface area contributed by atoms with Crippen LogP contribution in [0, 0.1) is 0 Å². The van der Waals surface area contributed by atoms with Crippen LogP contribution in [0.2, 0.25) is 0 Å². The Bertz CT molecular complexity index is 1070. The van der Waals surface area contributed by atoms with Crippen LogP contribution in [-0.2, 0) is 4.79 Å². The monoisotopic (exact) mass is 424 g/mol. The van der Waals surface area contributed by atoms with E-state index in [2.05, 4.69) is 15.5 Å². The molecule has 154 valence electrons.